The van der Waals surface area contributed by atoms with E-state index in [2.05, 4.69) is 14.8 Å². The van der Waals surface area contributed by atoms with Crippen LogP contribution < -0.4 is 11.1 Å². The normalized spacial score (nSPS) is 10.9. The van der Waals surface area contributed by atoms with E-state index in [0.717, 1.165) is 0 Å². The molecule has 0 aliphatic heterocycles. The lowest BCUT2D eigenvalue weighted by atomic mass is 10.1. The smallest absolute Gasteiger partial charge is 0.328 e. The molecule has 3 N–H and O–H groups in total. The highest BCUT2D eigenvalue weighted by Gasteiger charge is 2.26. The Hall–Kier alpha value is -2.28. The number of nitrogens with one attached hydrogen (secondary N) is 1. The molecule has 0 aliphatic carbocycles. The Morgan fingerprint density at radius 3 is 2.41 bits per heavy atom. The summed E-state index contributed by atoms with van der Waals surface area (Å²) in [6, 6.07) is 3.74. The molecule has 7 nitrogen and oxygen atoms in total. The monoisotopic (exact) mass is 330 g/mol. The number of aryl methyl sites for hydroxylation is 1. The summed E-state index contributed by atoms with van der Waals surface area (Å²) in [4.78, 5) is 35.1. The van der Waals surface area contributed by atoms with Crippen LogP contribution in [0.4, 0.5) is 5.69 Å². The van der Waals surface area contributed by atoms with Crippen LogP contribution >= 0.6 is 12.4 Å². The van der Waals surface area contributed by atoms with E-state index in [4.69, 9.17) is 5.73 Å². The van der Waals surface area contributed by atoms with Crippen molar-refractivity contribution in [3.63, 3.8) is 0 Å². The molecule has 0 radical (unpaired) electrons. The van der Waals surface area contributed by atoms with E-state index in [1.807, 2.05) is 0 Å². The van der Waals surface area contributed by atoms with Crippen LogP contribution in [0.15, 0.2) is 18.2 Å². The quantitative estimate of drug-likeness (QED) is 0.611. The summed E-state index contributed by atoms with van der Waals surface area (Å²) in [6.07, 6.45) is -0.309. The first-order chi connectivity index (χ1) is 9.88. The van der Waals surface area contributed by atoms with Crippen molar-refractivity contribution in [2.75, 3.05) is 20.0 Å². The fraction of sp³-hybridized carbons (Fsp3) is 0.357. The Labute approximate surface area is 134 Å². The van der Waals surface area contributed by atoms with Gasteiger partial charge in [0.05, 0.1) is 20.6 Å². The summed E-state index contributed by atoms with van der Waals surface area (Å²) < 4.78 is 9.05. The van der Waals surface area contributed by atoms with Crippen molar-refractivity contribution in [3.05, 3.63) is 29.3 Å². The van der Waals surface area contributed by atoms with Crippen LogP contribution in [0.3, 0.4) is 0 Å². The minimum absolute atomic E-state index is 0. The molecule has 0 spiro atoms. The van der Waals surface area contributed by atoms with Gasteiger partial charge in [-0.15, -0.1) is 12.4 Å². The molecule has 0 saturated heterocycles. The third-order valence-corrected chi connectivity index (χ3v) is 2.90. The molecule has 1 aromatic rings. The van der Waals surface area contributed by atoms with Crippen molar-refractivity contribution in [1.29, 1.82) is 0 Å². The molecule has 0 aromatic heterocycles. The van der Waals surface area contributed by atoms with Gasteiger partial charge in [-0.3, -0.25) is 9.59 Å². The summed E-state index contributed by atoms with van der Waals surface area (Å²) >= 11 is 0. The SMILES string of the molecule is COC(=O)CC(NC(=O)c1cc(N)ccc1C)C(=O)OC.Cl. The molecule has 0 bridgehead atoms. The first kappa shape index (κ1) is 19.7. The van der Waals surface area contributed by atoms with E-state index < -0.39 is 23.9 Å². The second-order valence-corrected chi connectivity index (χ2v) is 4.40. The molecule has 122 valence electrons. The zero-order chi connectivity index (χ0) is 16.0. The van der Waals surface area contributed by atoms with E-state index in [0.29, 0.717) is 16.8 Å². The van der Waals surface area contributed by atoms with Crippen LogP contribution in [-0.2, 0) is 19.1 Å². The van der Waals surface area contributed by atoms with Crippen LogP contribution in [-0.4, -0.2) is 38.1 Å². The minimum Gasteiger partial charge on any atom is -0.469 e. The summed E-state index contributed by atoms with van der Waals surface area (Å²) in [5.74, 6) is -1.87. The Morgan fingerprint density at radius 1 is 1.23 bits per heavy atom. The molecular formula is C14H19ClN2O5. The maximum atomic E-state index is 12.2. The molecule has 1 amide bonds. The zero-order valence-corrected chi connectivity index (χ0v) is 13.4. The van der Waals surface area contributed by atoms with Gasteiger partial charge in [-0.05, 0) is 24.6 Å². The fourth-order valence-corrected chi connectivity index (χ4v) is 1.71. The number of ether oxygens (including phenoxy) is 2. The number of carbonyl (C=O) groups is 3. The Morgan fingerprint density at radius 2 is 1.86 bits per heavy atom. The molecule has 0 fully saturated rings. The van der Waals surface area contributed by atoms with E-state index in [1.165, 1.54) is 20.3 Å². The number of nitrogen functional groups attached to an aromatic ring is 1. The van der Waals surface area contributed by atoms with Crippen molar-refractivity contribution >= 4 is 35.9 Å². The summed E-state index contributed by atoms with van der Waals surface area (Å²) in [6.45, 7) is 1.74. The Kier molecular flexibility index (Phi) is 7.96. The standard InChI is InChI=1S/C14H18N2O5.ClH/c1-8-4-5-9(15)6-10(8)13(18)16-11(14(19)21-3)7-12(17)20-2;/h4-6,11H,7,15H2,1-3H3,(H,16,18);1H. The third kappa shape index (κ3) is 5.25. The first-order valence-electron chi connectivity index (χ1n) is 6.20. The van der Waals surface area contributed by atoms with Gasteiger partial charge < -0.3 is 20.5 Å². The number of hydrogen-bond donors (Lipinski definition) is 2. The lowest BCUT2D eigenvalue weighted by molar-refractivity contribution is -0.149. The lowest BCUT2D eigenvalue weighted by Crippen LogP contribution is -2.43. The first-order valence-corrected chi connectivity index (χ1v) is 6.20. The maximum absolute atomic E-state index is 12.2. The van der Waals surface area contributed by atoms with Gasteiger partial charge in [0.1, 0.15) is 6.04 Å². The van der Waals surface area contributed by atoms with Gasteiger partial charge in [0, 0.05) is 11.3 Å². The molecular weight excluding hydrogens is 312 g/mol. The molecule has 8 heteroatoms. The molecule has 0 saturated carbocycles. The van der Waals surface area contributed by atoms with Gasteiger partial charge in [0.2, 0.25) is 0 Å². The average molecular weight is 331 g/mol. The topological polar surface area (TPSA) is 108 Å². The van der Waals surface area contributed by atoms with Crippen molar-refractivity contribution in [1.82, 2.24) is 5.32 Å². The third-order valence-electron chi connectivity index (χ3n) is 2.90. The van der Waals surface area contributed by atoms with Gasteiger partial charge in [-0.25, -0.2) is 4.79 Å². The van der Waals surface area contributed by atoms with Crippen molar-refractivity contribution < 1.29 is 23.9 Å². The van der Waals surface area contributed by atoms with E-state index in [9.17, 15) is 14.4 Å². The van der Waals surface area contributed by atoms with Crippen LogP contribution in [0, 0.1) is 6.92 Å². The predicted molar refractivity (Wildman–Crippen MR) is 82.7 cm³/mol. The molecule has 0 aliphatic rings. The number of benzene rings is 1. The highest BCUT2D eigenvalue weighted by Crippen LogP contribution is 2.13. The highest BCUT2D eigenvalue weighted by molar-refractivity contribution is 5.99. The molecule has 0 heterocycles. The lowest BCUT2D eigenvalue weighted by Gasteiger charge is -2.16. The van der Waals surface area contributed by atoms with Crippen LogP contribution in [0.25, 0.3) is 0 Å². The van der Waals surface area contributed by atoms with Crippen LogP contribution in [0.1, 0.15) is 22.3 Å². The molecule has 1 unspecified atom stereocenters. The van der Waals surface area contributed by atoms with E-state index >= 15 is 0 Å². The number of halogens is 1. The predicted octanol–water partition coefficient (Wildman–Crippen LogP) is 0.834. The van der Waals surface area contributed by atoms with Gasteiger partial charge >= 0.3 is 11.9 Å². The van der Waals surface area contributed by atoms with Crippen LogP contribution in [0.5, 0.6) is 0 Å². The Balaban J connectivity index is 0.00000441. The summed E-state index contributed by atoms with van der Waals surface area (Å²) in [5, 5.41) is 2.45. The number of nitrogens with two attached hydrogens (primary N) is 1. The van der Waals surface area contributed by atoms with Gasteiger partial charge in [-0.1, -0.05) is 6.07 Å². The number of esters is 2. The second kappa shape index (κ2) is 8.89. The van der Waals surface area contributed by atoms with Crippen molar-refractivity contribution in [2.24, 2.45) is 0 Å². The number of carbonyl (C=O) groups excluding carboxylic acids is 3. The zero-order valence-electron chi connectivity index (χ0n) is 12.5. The average Bonchev–Trinajstić information content (AvgIpc) is 2.47. The molecule has 1 aromatic carbocycles. The van der Waals surface area contributed by atoms with Gasteiger partial charge in [-0.2, -0.15) is 0 Å². The highest BCUT2D eigenvalue weighted by atomic mass is 35.5. The number of anilines is 1. The second-order valence-electron chi connectivity index (χ2n) is 4.40. The molecule has 22 heavy (non-hydrogen) atoms. The fourth-order valence-electron chi connectivity index (χ4n) is 1.71. The summed E-state index contributed by atoms with van der Waals surface area (Å²) in [5.41, 5.74) is 7.09. The Bertz CT molecular complexity index is 562. The molecule has 1 atom stereocenters. The minimum atomic E-state index is -1.12. The largest absolute Gasteiger partial charge is 0.469 e. The number of methoxy groups -OCH3 is 2. The van der Waals surface area contributed by atoms with Gasteiger partial charge in [0.25, 0.3) is 5.91 Å². The number of amides is 1. The van der Waals surface area contributed by atoms with Crippen LogP contribution in [0.2, 0.25) is 0 Å². The molecule has 1 rings (SSSR count). The maximum Gasteiger partial charge on any atom is 0.328 e. The number of hydrogen-bond acceptors (Lipinski definition) is 6. The van der Waals surface area contributed by atoms with Crippen molar-refractivity contribution in [3.8, 4) is 0 Å². The summed E-state index contributed by atoms with van der Waals surface area (Å²) in [7, 11) is 2.37. The van der Waals surface area contributed by atoms with E-state index in [-0.39, 0.29) is 18.8 Å². The van der Waals surface area contributed by atoms with E-state index in [1.54, 1.807) is 19.1 Å². The van der Waals surface area contributed by atoms with Gasteiger partial charge in [0.15, 0.2) is 0 Å². The van der Waals surface area contributed by atoms with Crippen molar-refractivity contribution in [2.45, 2.75) is 19.4 Å². The number of rotatable bonds is 5.